The summed E-state index contributed by atoms with van der Waals surface area (Å²) in [7, 11) is 0. The summed E-state index contributed by atoms with van der Waals surface area (Å²) in [6, 6.07) is 6.72. The number of aryl methyl sites for hydroxylation is 1. The summed E-state index contributed by atoms with van der Waals surface area (Å²) in [6.07, 6.45) is 2.55. The summed E-state index contributed by atoms with van der Waals surface area (Å²) in [5, 5.41) is 22.2. The van der Waals surface area contributed by atoms with Crippen LogP contribution in [0.4, 0.5) is 16.0 Å². The van der Waals surface area contributed by atoms with E-state index in [-0.39, 0.29) is 36.7 Å². The van der Waals surface area contributed by atoms with Crippen molar-refractivity contribution < 1.29 is 24.2 Å². The van der Waals surface area contributed by atoms with Gasteiger partial charge >= 0.3 is 0 Å². The number of aliphatic hydroxyl groups excluding tert-OH is 2. The molecular formula is C21H23FN4O4S. The van der Waals surface area contributed by atoms with Crippen LogP contribution in [0.3, 0.4) is 0 Å². The normalized spacial score (nSPS) is 18.3. The number of para-hydroxylation sites is 2. The molecular weight excluding hydrogens is 423 g/mol. The zero-order valence-corrected chi connectivity index (χ0v) is 17.7. The first-order valence-electron chi connectivity index (χ1n) is 10.0. The molecule has 1 fully saturated rings. The summed E-state index contributed by atoms with van der Waals surface area (Å²) >= 11 is 1.14. The Morgan fingerprint density at radius 1 is 1.35 bits per heavy atom. The van der Waals surface area contributed by atoms with E-state index in [2.05, 4.69) is 15.3 Å². The molecule has 2 aromatic heterocycles. The molecule has 10 heteroatoms. The van der Waals surface area contributed by atoms with Gasteiger partial charge in [-0.1, -0.05) is 16.6 Å². The van der Waals surface area contributed by atoms with Crippen molar-refractivity contribution in [1.82, 2.24) is 15.3 Å². The van der Waals surface area contributed by atoms with Gasteiger partial charge in [0, 0.05) is 13.0 Å². The Hall–Kier alpha value is -2.82. The zero-order valence-electron chi connectivity index (χ0n) is 16.9. The van der Waals surface area contributed by atoms with Crippen LogP contribution < -0.4 is 15.2 Å². The van der Waals surface area contributed by atoms with E-state index < -0.39 is 6.10 Å². The minimum atomic E-state index is -0.399. The lowest BCUT2D eigenvalue weighted by atomic mass is 10.2. The molecule has 1 aliphatic rings. The highest BCUT2D eigenvalue weighted by Crippen LogP contribution is 2.41. The molecule has 0 saturated heterocycles. The van der Waals surface area contributed by atoms with Crippen LogP contribution in [0.25, 0.3) is 10.2 Å². The molecule has 4 rings (SSSR count). The summed E-state index contributed by atoms with van der Waals surface area (Å²) in [6.45, 7) is 1.67. The van der Waals surface area contributed by atoms with Gasteiger partial charge in [-0.15, -0.1) is 11.3 Å². The molecule has 0 bridgehead atoms. The third kappa shape index (κ3) is 4.32. The van der Waals surface area contributed by atoms with Gasteiger partial charge in [-0.2, -0.15) is 5.12 Å². The first-order chi connectivity index (χ1) is 15.0. The van der Waals surface area contributed by atoms with E-state index in [0.29, 0.717) is 50.8 Å². The predicted molar refractivity (Wildman–Crippen MR) is 116 cm³/mol. The van der Waals surface area contributed by atoms with Crippen LogP contribution in [0.5, 0.6) is 5.75 Å². The van der Waals surface area contributed by atoms with Crippen molar-refractivity contribution in [2.45, 2.75) is 38.4 Å². The lowest BCUT2D eigenvalue weighted by Crippen LogP contribution is -2.26. The van der Waals surface area contributed by atoms with Crippen LogP contribution in [0.15, 0.2) is 30.6 Å². The fraction of sp³-hybridized carbons (Fsp3) is 0.381. The number of fused-ring (bicyclic) bond motifs is 1. The molecule has 2 heterocycles. The highest BCUT2D eigenvalue weighted by atomic mass is 32.1. The standard InChI is InChI=1S/C21H23FN4O4S/c1-12-17-19(24-11-25-21(17)31-18(12)20(29)23-8-9-27)26(22)15-4-2-3-5-16(15)30-14-7-6-13(28)10-14/h2-5,11,13-14,27-28H,6-10H2,1H3,(H,23,29). The van der Waals surface area contributed by atoms with Crippen molar-refractivity contribution in [3.63, 3.8) is 0 Å². The topological polar surface area (TPSA) is 108 Å². The monoisotopic (exact) mass is 446 g/mol. The van der Waals surface area contributed by atoms with Gasteiger partial charge in [0.2, 0.25) is 0 Å². The fourth-order valence-electron chi connectivity index (χ4n) is 3.71. The second kappa shape index (κ2) is 9.13. The Balaban J connectivity index is 1.69. The third-order valence-electron chi connectivity index (χ3n) is 5.22. The number of ether oxygens (including phenoxy) is 1. The maximum Gasteiger partial charge on any atom is 0.261 e. The molecule has 2 atom stereocenters. The van der Waals surface area contributed by atoms with Crippen molar-refractivity contribution in [1.29, 1.82) is 0 Å². The zero-order chi connectivity index (χ0) is 22.0. The number of anilines is 2. The van der Waals surface area contributed by atoms with Crippen molar-refractivity contribution in [3.05, 3.63) is 41.0 Å². The Bertz CT molecular complexity index is 1090. The molecule has 0 radical (unpaired) electrons. The SMILES string of the molecule is Cc1c(C(=O)NCCO)sc2ncnc(N(F)c3ccccc3OC3CCC(O)C3)c12. The number of amides is 1. The second-order valence-corrected chi connectivity index (χ2v) is 8.37. The molecule has 1 aliphatic carbocycles. The number of aliphatic hydroxyl groups is 2. The number of halogens is 1. The van der Waals surface area contributed by atoms with Crippen LogP contribution >= 0.6 is 11.3 Å². The van der Waals surface area contributed by atoms with E-state index in [1.54, 1.807) is 31.2 Å². The molecule has 31 heavy (non-hydrogen) atoms. The number of thiophene rings is 1. The van der Waals surface area contributed by atoms with Crippen LogP contribution in [0.1, 0.15) is 34.5 Å². The number of rotatable bonds is 7. The molecule has 0 spiro atoms. The predicted octanol–water partition coefficient (Wildman–Crippen LogP) is 3.04. The molecule has 8 nitrogen and oxygen atoms in total. The smallest absolute Gasteiger partial charge is 0.261 e. The van der Waals surface area contributed by atoms with Crippen LogP contribution in [-0.4, -0.2) is 51.4 Å². The molecule has 2 unspecified atom stereocenters. The molecule has 164 valence electrons. The number of benzene rings is 1. The number of nitrogens with zero attached hydrogens (tertiary/aromatic N) is 3. The third-order valence-corrected chi connectivity index (χ3v) is 6.42. The number of carbonyl (C=O) groups excluding carboxylic acids is 1. The largest absolute Gasteiger partial charge is 0.488 e. The Kier molecular flexibility index (Phi) is 6.30. The molecule has 1 saturated carbocycles. The van der Waals surface area contributed by atoms with Gasteiger partial charge in [-0.3, -0.25) is 4.79 Å². The van der Waals surface area contributed by atoms with E-state index in [9.17, 15) is 9.90 Å². The van der Waals surface area contributed by atoms with Crippen molar-refractivity contribution in [2.24, 2.45) is 0 Å². The lowest BCUT2D eigenvalue weighted by Gasteiger charge is -2.20. The second-order valence-electron chi connectivity index (χ2n) is 7.37. The Morgan fingerprint density at radius 2 is 2.16 bits per heavy atom. The van der Waals surface area contributed by atoms with E-state index >= 15 is 4.48 Å². The van der Waals surface area contributed by atoms with Gasteiger partial charge in [0.15, 0.2) is 5.82 Å². The Morgan fingerprint density at radius 3 is 2.90 bits per heavy atom. The molecule has 1 amide bonds. The maximum atomic E-state index is 15.7. The quantitative estimate of drug-likeness (QED) is 0.479. The Labute approximate surface area is 182 Å². The van der Waals surface area contributed by atoms with Crippen LogP contribution in [-0.2, 0) is 0 Å². The summed E-state index contributed by atoms with van der Waals surface area (Å²) < 4.78 is 21.7. The summed E-state index contributed by atoms with van der Waals surface area (Å²) in [4.78, 5) is 21.6. The minimum absolute atomic E-state index is 0.0162. The van der Waals surface area contributed by atoms with Crippen molar-refractivity contribution in [2.75, 3.05) is 18.3 Å². The number of hydrogen-bond donors (Lipinski definition) is 3. The summed E-state index contributed by atoms with van der Waals surface area (Å²) in [5.74, 6) is 0.0153. The van der Waals surface area contributed by atoms with E-state index in [4.69, 9.17) is 9.84 Å². The van der Waals surface area contributed by atoms with Gasteiger partial charge in [0.25, 0.3) is 5.91 Å². The summed E-state index contributed by atoms with van der Waals surface area (Å²) in [5.41, 5.74) is 0.742. The van der Waals surface area contributed by atoms with Gasteiger partial charge in [-0.25, -0.2) is 9.97 Å². The highest BCUT2D eigenvalue weighted by molar-refractivity contribution is 7.20. The number of aromatic nitrogens is 2. The fourth-order valence-corrected chi connectivity index (χ4v) is 4.76. The molecule has 0 aliphatic heterocycles. The molecule has 1 aromatic carbocycles. The van der Waals surface area contributed by atoms with Gasteiger partial charge in [-0.05, 0) is 37.5 Å². The van der Waals surface area contributed by atoms with E-state index in [1.165, 1.54) is 6.33 Å². The first-order valence-corrected chi connectivity index (χ1v) is 10.8. The number of nitrogens with one attached hydrogen (secondary N) is 1. The highest BCUT2D eigenvalue weighted by Gasteiger charge is 2.28. The number of hydrogen-bond acceptors (Lipinski definition) is 8. The first kappa shape index (κ1) is 21.4. The van der Waals surface area contributed by atoms with Crippen molar-refractivity contribution >= 4 is 39.0 Å². The van der Waals surface area contributed by atoms with Crippen LogP contribution in [0.2, 0.25) is 0 Å². The average Bonchev–Trinajstić information content (AvgIpc) is 3.34. The van der Waals surface area contributed by atoms with Crippen molar-refractivity contribution in [3.8, 4) is 5.75 Å². The van der Waals surface area contributed by atoms with E-state index in [0.717, 1.165) is 11.3 Å². The molecule has 3 aromatic rings. The van der Waals surface area contributed by atoms with Crippen LogP contribution in [0, 0.1) is 6.92 Å². The average molecular weight is 447 g/mol. The maximum absolute atomic E-state index is 15.7. The minimum Gasteiger partial charge on any atom is -0.488 e. The number of carbonyl (C=O) groups is 1. The van der Waals surface area contributed by atoms with Gasteiger partial charge in [0.05, 0.1) is 23.0 Å². The lowest BCUT2D eigenvalue weighted by molar-refractivity contribution is 0.0948. The van der Waals surface area contributed by atoms with Gasteiger partial charge in [0.1, 0.15) is 28.7 Å². The van der Waals surface area contributed by atoms with Gasteiger partial charge < -0.3 is 20.3 Å². The van der Waals surface area contributed by atoms with E-state index in [1.807, 2.05) is 0 Å². The molecule has 3 N–H and O–H groups in total.